The highest BCUT2D eigenvalue weighted by atomic mass is 32.1. The highest BCUT2D eigenvalue weighted by Gasteiger charge is 2.52. The average Bonchev–Trinajstić information content (AvgIpc) is 3.73. The Bertz CT molecular complexity index is 1520. The van der Waals surface area contributed by atoms with Crippen LogP contribution in [0.5, 0.6) is 0 Å². The van der Waals surface area contributed by atoms with Gasteiger partial charge in [0.2, 0.25) is 11.8 Å². The Morgan fingerprint density at radius 2 is 1.93 bits per heavy atom. The van der Waals surface area contributed by atoms with Crippen LogP contribution in [-0.4, -0.2) is 71.6 Å². The molecule has 2 atom stereocenters. The van der Waals surface area contributed by atoms with Gasteiger partial charge in [-0.3, -0.25) is 19.8 Å². The van der Waals surface area contributed by atoms with E-state index < -0.39 is 53.6 Å². The molecule has 220 valence electrons. The van der Waals surface area contributed by atoms with Gasteiger partial charge in [-0.2, -0.15) is 0 Å². The van der Waals surface area contributed by atoms with Crippen LogP contribution in [0.15, 0.2) is 48.0 Å². The number of aryl methyl sites for hydroxylation is 1. The van der Waals surface area contributed by atoms with Crippen LogP contribution in [0.25, 0.3) is 11.1 Å². The van der Waals surface area contributed by atoms with Crippen molar-refractivity contribution >= 4 is 34.9 Å². The fourth-order valence-electron chi connectivity index (χ4n) is 4.99. The summed E-state index contributed by atoms with van der Waals surface area (Å²) in [6, 6.07) is 9.08. The minimum Gasteiger partial charge on any atom is -0.384 e. The molecule has 0 bridgehead atoms. The van der Waals surface area contributed by atoms with E-state index in [2.05, 4.69) is 15.6 Å². The summed E-state index contributed by atoms with van der Waals surface area (Å²) in [7, 11) is 0. The second-order valence-electron chi connectivity index (χ2n) is 10.3. The zero-order valence-electron chi connectivity index (χ0n) is 23.1. The lowest BCUT2D eigenvalue weighted by atomic mass is 10.1. The van der Waals surface area contributed by atoms with Gasteiger partial charge in [0.15, 0.2) is 17.3 Å². The van der Waals surface area contributed by atoms with Crippen LogP contribution in [0, 0.1) is 18.2 Å². The molecule has 5 N–H and O–H groups in total. The Kier molecular flexibility index (Phi) is 8.34. The third kappa shape index (κ3) is 6.17. The molecular weight excluding hydrogens is 563 g/mol. The van der Waals surface area contributed by atoms with Crippen molar-refractivity contribution in [2.75, 3.05) is 26.3 Å². The molecule has 0 unspecified atom stereocenters. The average molecular weight is 595 g/mol. The summed E-state index contributed by atoms with van der Waals surface area (Å²) in [4.78, 5) is 45.5. The summed E-state index contributed by atoms with van der Waals surface area (Å²) in [6.45, 7) is 3.91. The second kappa shape index (κ2) is 12.0. The Morgan fingerprint density at radius 1 is 1.21 bits per heavy atom. The molecule has 0 radical (unpaired) electrons. The highest BCUT2D eigenvalue weighted by molar-refractivity contribution is 7.10. The number of ether oxygens (including phenoxy) is 2. The number of aromatic nitrogens is 1. The normalized spacial score (nSPS) is 18.2. The molecule has 13 heteroatoms. The topological polar surface area (TPSA) is 160 Å². The van der Waals surface area contributed by atoms with Crippen molar-refractivity contribution in [3.63, 3.8) is 0 Å². The van der Waals surface area contributed by atoms with Crippen LogP contribution in [0.4, 0.5) is 4.39 Å². The third-order valence-electron chi connectivity index (χ3n) is 7.29. The number of nitrogens with two attached hydrogens (primary N) is 1. The molecule has 3 amide bonds. The number of nitrogens with zero attached hydrogens (tertiary/aromatic N) is 2. The van der Waals surface area contributed by atoms with Crippen molar-refractivity contribution in [2.24, 2.45) is 5.73 Å². The van der Waals surface area contributed by atoms with Gasteiger partial charge < -0.3 is 30.7 Å². The summed E-state index contributed by atoms with van der Waals surface area (Å²) in [5.74, 6) is -3.84. The maximum Gasteiger partial charge on any atom is 0.273 e. The molecule has 1 aromatic carbocycles. The summed E-state index contributed by atoms with van der Waals surface area (Å²) in [5, 5.41) is 14.7. The van der Waals surface area contributed by atoms with E-state index in [4.69, 9.17) is 20.6 Å². The third-order valence-corrected chi connectivity index (χ3v) is 8.40. The van der Waals surface area contributed by atoms with Gasteiger partial charge in [0, 0.05) is 34.0 Å². The fourth-order valence-corrected chi connectivity index (χ4v) is 5.91. The van der Waals surface area contributed by atoms with E-state index in [9.17, 15) is 18.8 Å². The first kappa shape index (κ1) is 29.3. The van der Waals surface area contributed by atoms with Crippen LogP contribution in [0.3, 0.4) is 0 Å². The molecule has 1 spiro atoms. The van der Waals surface area contributed by atoms with Crippen molar-refractivity contribution in [1.29, 1.82) is 5.41 Å². The number of hydrogen-bond donors (Lipinski definition) is 4. The predicted molar refractivity (Wildman–Crippen MR) is 153 cm³/mol. The van der Waals surface area contributed by atoms with Crippen molar-refractivity contribution in [2.45, 2.75) is 38.1 Å². The van der Waals surface area contributed by atoms with Crippen LogP contribution < -0.4 is 16.4 Å². The number of hydrogen-bond acceptors (Lipinski definition) is 8. The second-order valence-corrected chi connectivity index (χ2v) is 11.3. The number of amides is 3. The lowest BCUT2D eigenvalue weighted by molar-refractivity contribution is -0.152. The van der Waals surface area contributed by atoms with Crippen LogP contribution in [0.2, 0.25) is 0 Å². The minimum absolute atomic E-state index is 0.000480. The van der Waals surface area contributed by atoms with E-state index in [1.807, 2.05) is 31.2 Å². The Balaban J connectivity index is 1.25. The lowest BCUT2D eigenvalue weighted by Gasteiger charge is -2.25. The quantitative estimate of drug-likeness (QED) is 0.230. The van der Waals surface area contributed by atoms with Crippen molar-refractivity contribution in [3.8, 4) is 11.1 Å². The SMILES string of the molecule is Cc1ccc(-c2cnc(C(=O)NCC(=O)N3CC4(C[C@H]3C(=O)N[C@H](C)c3cc(C(=N)N)cs3)OCCO4)c(F)c2)cc1. The smallest absolute Gasteiger partial charge is 0.273 e. The number of carbonyl (C=O) groups is 3. The first-order chi connectivity index (χ1) is 20.0. The Labute approximate surface area is 245 Å². The Hall–Kier alpha value is -4.20. The molecular formula is C29H31FN6O5S. The first-order valence-electron chi connectivity index (χ1n) is 13.4. The van der Waals surface area contributed by atoms with Gasteiger partial charge in [-0.05, 0) is 31.5 Å². The molecule has 2 fully saturated rings. The van der Waals surface area contributed by atoms with E-state index >= 15 is 0 Å². The first-order valence-corrected chi connectivity index (χ1v) is 14.2. The number of thiophene rings is 1. The van der Waals surface area contributed by atoms with E-state index in [1.54, 1.807) is 18.4 Å². The number of amidine groups is 1. The number of benzene rings is 1. The maximum absolute atomic E-state index is 14.8. The zero-order valence-corrected chi connectivity index (χ0v) is 23.9. The molecule has 42 heavy (non-hydrogen) atoms. The molecule has 3 aromatic rings. The van der Waals surface area contributed by atoms with Crippen molar-refractivity contribution in [3.05, 3.63) is 75.5 Å². The fraction of sp³-hybridized carbons (Fsp3) is 0.345. The van der Waals surface area contributed by atoms with Crippen molar-refractivity contribution in [1.82, 2.24) is 20.5 Å². The lowest BCUT2D eigenvalue weighted by Crippen LogP contribution is -2.49. The molecule has 5 rings (SSSR count). The monoisotopic (exact) mass is 594 g/mol. The standard InChI is InChI=1S/C29H31FN6O5S/c1-16-3-5-18(6-4-16)19-9-21(30)25(33-12-19)28(39)34-13-24(37)36-15-29(40-7-8-41-29)11-22(36)27(38)35-17(2)23-10-20(14-42-23)26(31)32/h3-6,9-10,12,14,17,22H,7-8,11,13,15H2,1-2H3,(H3,31,32)(H,34,39)(H,35,38)/t17-,22+/m1/s1. The molecule has 2 aliphatic rings. The molecule has 0 aliphatic carbocycles. The summed E-state index contributed by atoms with van der Waals surface area (Å²) < 4.78 is 26.4. The maximum atomic E-state index is 14.8. The van der Waals surface area contributed by atoms with Crippen LogP contribution >= 0.6 is 11.3 Å². The number of likely N-dealkylation sites (tertiary alicyclic amines) is 1. The van der Waals surface area contributed by atoms with Crippen LogP contribution in [0.1, 0.15) is 45.9 Å². The molecule has 4 heterocycles. The highest BCUT2D eigenvalue weighted by Crippen LogP contribution is 2.35. The van der Waals surface area contributed by atoms with Gasteiger partial charge >= 0.3 is 0 Å². The Morgan fingerprint density at radius 3 is 2.57 bits per heavy atom. The molecule has 0 saturated carbocycles. The largest absolute Gasteiger partial charge is 0.384 e. The van der Waals surface area contributed by atoms with E-state index in [-0.39, 0.29) is 18.8 Å². The van der Waals surface area contributed by atoms with E-state index in [0.717, 1.165) is 16.0 Å². The van der Waals surface area contributed by atoms with E-state index in [0.29, 0.717) is 24.3 Å². The number of nitrogens with one attached hydrogen (secondary N) is 3. The summed E-state index contributed by atoms with van der Waals surface area (Å²) in [5.41, 5.74) is 8.00. The van der Waals surface area contributed by atoms with Crippen LogP contribution in [-0.2, 0) is 19.1 Å². The molecule has 2 aromatic heterocycles. The van der Waals surface area contributed by atoms with Gasteiger partial charge in [0.05, 0.1) is 32.3 Å². The van der Waals surface area contributed by atoms with Crippen molar-refractivity contribution < 1.29 is 28.2 Å². The zero-order chi connectivity index (χ0) is 30.0. The van der Waals surface area contributed by atoms with Gasteiger partial charge in [-0.1, -0.05) is 29.8 Å². The number of halogens is 1. The number of pyridine rings is 1. The van der Waals surface area contributed by atoms with Gasteiger partial charge in [0.1, 0.15) is 11.9 Å². The van der Waals surface area contributed by atoms with Gasteiger partial charge in [-0.15, -0.1) is 11.3 Å². The minimum atomic E-state index is -1.12. The summed E-state index contributed by atoms with van der Waals surface area (Å²) in [6.07, 6.45) is 1.52. The number of carbonyl (C=O) groups excluding carboxylic acids is 3. The predicted octanol–water partition coefficient (Wildman–Crippen LogP) is 2.49. The number of nitrogen functional groups attached to an aromatic ring is 1. The van der Waals surface area contributed by atoms with Gasteiger partial charge in [-0.25, -0.2) is 9.37 Å². The molecule has 11 nitrogen and oxygen atoms in total. The molecule has 2 aliphatic heterocycles. The summed E-state index contributed by atoms with van der Waals surface area (Å²) >= 11 is 1.36. The number of rotatable bonds is 8. The molecule has 2 saturated heterocycles. The van der Waals surface area contributed by atoms with Gasteiger partial charge in [0.25, 0.3) is 5.91 Å². The van der Waals surface area contributed by atoms with E-state index in [1.165, 1.54) is 28.5 Å².